The first-order chi connectivity index (χ1) is 11.8. The Balaban J connectivity index is 1.49. The number of anilines is 1. The SMILES string of the molecule is N#Cc1ccc(N2CCN(C(=S)NCc3cccnc3)CC2)nc1. The molecule has 1 saturated heterocycles. The second-order valence-corrected chi connectivity index (χ2v) is 5.90. The second-order valence-electron chi connectivity index (χ2n) is 5.51. The number of nitrogens with one attached hydrogen (secondary N) is 1. The van der Waals surface area contributed by atoms with Crippen LogP contribution in [0, 0.1) is 11.3 Å². The first kappa shape index (κ1) is 16.1. The fraction of sp³-hybridized carbons (Fsp3) is 0.294. The van der Waals surface area contributed by atoms with Crippen molar-refractivity contribution in [3.05, 3.63) is 54.0 Å². The molecule has 1 aliphatic heterocycles. The van der Waals surface area contributed by atoms with E-state index in [0.717, 1.165) is 42.7 Å². The Morgan fingerprint density at radius 3 is 2.67 bits per heavy atom. The van der Waals surface area contributed by atoms with Gasteiger partial charge >= 0.3 is 0 Å². The van der Waals surface area contributed by atoms with Crippen LogP contribution in [0.25, 0.3) is 0 Å². The summed E-state index contributed by atoms with van der Waals surface area (Å²) in [6, 6.07) is 9.73. The molecule has 1 aliphatic rings. The lowest BCUT2D eigenvalue weighted by molar-refractivity contribution is 0.379. The van der Waals surface area contributed by atoms with Crippen molar-refractivity contribution in [2.75, 3.05) is 31.1 Å². The zero-order valence-corrected chi connectivity index (χ0v) is 14.0. The molecule has 0 aromatic carbocycles. The molecular weight excluding hydrogens is 320 g/mol. The highest BCUT2D eigenvalue weighted by Crippen LogP contribution is 2.14. The van der Waals surface area contributed by atoms with Crippen LogP contribution in [-0.2, 0) is 6.54 Å². The van der Waals surface area contributed by atoms with Crippen molar-refractivity contribution < 1.29 is 0 Å². The van der Waals surface area contributed by atoms with Crippen LogP contribution in [-0.4, -0.2) is 46.2 Å². The third-order valence-electron chi connectivity index (χ3n) is 3.93. The molecule has 3 heterocycles. The number of piperazine rings is 1. The highest BCUT2D eigenvalue weighted by atomic mass is 32.1. The maximum absolute atomic E-state index is 8.83. The zero-order valence-electron chi connectivity index (χ0n) is 13.2. The van der Waals surface area contributed by atoms with Gasteiger partial charge in [0.1, 0.15) is 11.9 Å². The van der Waals surface area contributed by atoms with Crippen LogP contribution in [0.1, 0.15) is 11.1 Å². The van der Waals surface area contributed by atoms with E-state index in [9.17, 15) is 0 Å². The average molecular weight is 338 g/mol. The number of aromatic nitrogens is 2. The van der Waals surface area contributed by atoms with Crippen molar-refractivity contribution in [3.8, 4) is 6.07 Å². The third-order valence-corrected chi connectivity index (χ3v) is 4.34. The molecule has 0 amide bonds. The topological polar surface area (TPSA) is 68.1 Å². The molecule has 3 rings (SSSR count). The molecule has 0 bridgehead atoms. The van der Waals surface area contributed by atoms with Crippen LogP contribution in [0.3, 0.4) is 0 Å². The van der Waals surface area contributed by atoms with E-state index >= 15 is 0 Å². The lowest BCUT2D eigenvalue weighted by Crippen LogP contribution is -2.51. The van der Waals surface area contributed by atoms with Gasteiger partial charge in [0.15, 0.2) is 5.11 Å². The maximum atomic E-state index is 8.83. The first-order valence-electron chi connectivity index (χ1n) is 7.79. The van der Waals surface area contributed by atoms with E-state index in [-0.39, 0.29) is 0 Å². The van der Waals surface area contributed by atoms with E-state index in [0.29, 0.717) is 12.1 Å². The summed E-state index contributed by atoms with van der Waals surface area (Å²) in [6.07, 6.45) is 5.21. The number of thiocarbonyl (C=S) groups is 1. The van der Waals surface area contributed by atoms with Crippen LogP contribution in [0.4, 0.5) is 5.82 Å². The average Bonchev–Trinajstić information content (AvgIpc) is 2.67. The molecule has 0 unspecified atom stereocenters. The van der Waals surface area contributed by atoms with Crippen LogP contribution in [0.15, 0.2) is 42.9 Å². The maximum Gasteiger partial charge on any atom is 0.169 e. The van der Waals surface area contributed by atoms with Gasteiger partial charge in [0.05, 0.1) is 5.56 Å². The Hall–Kier alpha value is -2.72. The summed E-state index contributed by atoms with van der Waals surface area (Å²) >= 11 is 5.49. The normalized spacial score (nSPS) is 14.1. The third kappa shape index (κ3) is 3.97. The summed E-state index contributed by atoms with van der Waals surface area (Å²) in [4.78, 5) is 12.8. The molecule has 0 saturated carbocycles. The van der Waals surface area contributed by atoms with Gasteiger partial charge in [-0.2, -0.15) is 5.26 Å². The molecule has 1 N–H and O–H groups in total. The first-order valence-corrected chi connectivity index (χ1v) is 8.20. The highest BCUT2D eigenvalue weighted by molar-refractivity contribution is 7.80. The molecule has 2 aromatic heterocycles. The Kier molecular flexibility index (Phi) is 5.18. The molecule has 0 aliphatic carbocycles. The van der Waals surface area contributed by atoms with Gasteiger partial charge in [-0.05, 0) is 36.0 Å². The summed E-state index contributed by atoms with van der Waals surface area (Å²) in [7, 11) is 0. The van der Waals surface area contributed by atoms with Crippen molar-refractivity contribution in [1.82, 2.24) is 20.2 Å². The zero-order chi connectivity index (χ0) is 16.8. The molecular formula is C17H18N6S. The minimum atomic E-state index is 0.582. The molecule has 0 atom stereocenters. The lowest BCUT2D eigenvalue weighted by Gasteiger charge is -2.36. The van der Waals surface area contributed by atoms with Crippen molar-refractivity contribution in [2.45, 2.75) is 6.54 Å². The Morgan fingerprint density at radius 2 is 2.04 bits per heavy atom. The lowest BCUT2D eigenvalue weighted by atomic mass is 10.2. The molecule has 7 heteroatoms. The number of pyridine rings is 2. The van der Waals surface area contributed by atoms with E-state index in [4.69, 9.17) is 17.5 Å². The second kappa shape index (κ2) is 7.70. The Morgan fingerprint density at radius 1 is 1.21 bits per heavy atom. The van der Waals surface area contributed by atoms with Crippen molar-refractivity contribution >= 4 is 23.1 Å². The van der Waals surface area contributed by atoms with Gasteiger partial charge in [0, 0.05) is 51.3 Å². The van der Waals surface area contributed by atoms with Crippen LogP contribution in [0.5, 0.6) is 0 Å². The number of hydrogen-bond acceptors (Lipinski definition) is 5. The predicted molar refractivity (Wildman–Crippen MR) is 96.4 cm³/mol. The van der Waals surface area contributed by atoms with Gasteiger partial charge in [0.2, 0.25) is 0 Å². The quantitative estimate of drug-likeness (QED) is 0.852. The standard InChI is InChI=1S/C17H18N6S/c18-10-14-3-4-16(20-12-14)22-6-8-23(9-7-22)17(24)21-13-15-2-1-5-19-11-15/h1-5,11-12H,6-9,13H2,(H,21,24). The van der Waals surface area contributed by atoms with Gasteiger partial charge < -0.3 is 15.1 Å². The molecule has 24 heavy (non-hydrogen) atoms. The van der Waals surface area contributed by atoms with Gasteiger partial charge in [-0.3, -0.25) is 4.98 Å². The summed E-state index contributed by atoms with van der Waals surface area (Å²) in [5.74, 6) is 0.905. The minimum Gasteiger partial charge on any atom is -0.358 e. The molecule has 0 spiro atoms. The van der Waals surface area contributed by atoms with Gasteiger partial charge in [-0.1, -0.05) is 6.07 Å². The number of hydrogen-bond donors (Lipinski definition) is 1. The van der Waals surface area contributed by atoms with E-state index in [1.807, 2.05) is 24.4 Å². The summed E-state index contributed by atoms with van der Waals surface area (Å²) in [5.41, 5.74) is 1.69. The summed E-state index contributed by atoms with van der Waals surface area (Å²) < 4.78 is 0. The summed E-state index contributed by atoms with van der Waals surface area (Å²) in [6.45, 7) is 4.09. The molecule has 122 valence electrons. The highest BCUT2D eigenvalue weighted by Gasteiger charge is 2.19. The van der Waals surface area contributed by atoms with Gasteiger partial charge in [0.25, 0.3) is 0 Å². The van der Waals surface area contributed by atoms with Gasteiger partial charge in [-0.25, -0.2) is 4.98 Å². The van der Waals surface area contributed by atoms with Gasteiger partial charge in [-0.15, -0.1) is 0 Å². The van der Waals surface area contributed by atoms with Crippen molar-refractivity contribution in [2.24, 2.45) is 0 Å². The molecule has 6 nitrogen and oxygen atoms in total. The van der Waals surface area contributed by atoms with E-state index in [1.165, 1.54) is 0 Å². The Bertz CT molecular complexity index is 717. The number of nitrogens with zero attached hydrogens (tertiary/aromatic N) is 5. The predicted octanol–water partition coefficient (Wildman–Crippen LogP) is 1.54. The van der Waals surface area contributed by atoms with Crippen LogP contribution in [0.2, 0.25) is 0 Å². The monoisotopic (exact) mass is 338 g/mol. The number of nitriles is 1. The fourth-order valence-corrected chi connectivity index (χ4v) is 2.82. The smallest absolute Gasteiger partial charge is 0.169 e. The van der Waals surface area contributed by atoms with E-state index in [2.05, 4.69) is 31.2 Å². The fourth-order valence-electron chi connectivity index (χ4n) is 2.57. The van der Waals surface area contributed by atoms with Crippen LogP contribution >= 0.6 is 12.2 Å². The van der Waals surface area contributed by atoms with Crippen molar-refractivity contribution in [3.63, 3.8) is 0 Å². The van der Waals surface area contributed by atoms with Crippen LogP contribution < -0.4 is 10.2 Å². The number of rotatable bonds is 3. The molecule has 1 fully saturated rings. The summed E-state index contributed by atoms with van der Waals surface area (Å²) in [5, 5.41) is 12.9. The molecule has 0 radical (unpaired) electrons. The van der Waals surface area contributed by atoms with Crippen molar-refractivity contribution in [1.29, 1.82) is 5.26 Å². The van der Waals surface area contributed by atoms with E-state index in [1.54, 1.807) is 18.5 Å². The molecule has 2 aromatic rings. The minimum absolute atomic E-state index is 0.582. The largest absolute Gasteiger partial charge is 0.358 e. The Labute approximate surface area is 146 Å². The van der Waals surface area contributed by atoms with E-state index < -0.39 is 0 Å².